The number of hydrogen-bond donors (Lipinski definition) is 1. The van der Waals surface area contributed by atoms with Crippen LogP contribution < -0.4 is 14.4 Å². The predicted molar refractivity (Wildman–Crippen MR) is 201 cm³/mol. The molecule has 10 nitrogen and oxygen atoms in total. The van der Waals surface area contributed by atoms with Crippen molar-refractivity contribution in [3.8, 4) is 5.75 Å². The van der Waals surface area contributed by atoms with E-state index in [1.165, 1.54) is 11.1 Å². The third-order valence-corrected chi connectivity index (χ3v) is 14.0. The number of halogens is 1. The summed E-state index contributed by atoms with van der Waals surface area (Å²) in [4.78, 5) is 30.1. The second-order valence-corrected chi connectivity index (χ2v) is 17.8. The zero-order valence-corrected chi connectivity index (χ0v) is 31.4. The summed E-state index contributed by atoms with van der Waals surface area (Å²) in [5.74, 6) is 0.148. The molecule has 3 aliphatic heterocycles. The standard InChI is InChI=1S/C40H47ClN4O6S/c1-26-5-3-7-36(49-2)33-11-8-29(33)20-45-24-40(14-4-6-27-17-31(41)10-12-34(27)40)25-51-37-13-9-28(19-35(37)45)38(46)42-52(48,23-26)43-39(47)30-18-32-22-50-16-15-44(32)21-30/h3,7,9-10,12-13,17-19,21,26,29,33,36H,4-6,8,11,14-16,20,22-25H2,1-2H3,(H,42,43,46,47,48)/b7-3+/t26-,29-,33+,36-,40-,52?/m0/s1. The van der Waals surface area contributed by atoms with E-state index in [1.807, 2.05) is 29.7 Å². The Morgan fingerprint density at radius 1 is 1.17 bits per heavy atom. The molecule has 4 heterocycles. The van der Waals surface area contributed by atoms with Crippen molar-refractivity contribution in [2.24, 2.45) is 22.1 Å². The Kier molecular flexibility index (Phi) is 9.74. The predicted octanol–water partition coefficient (Wildman–Crippen LogP) is 6.74. The van der Waals surface area contributed by atoms with Crippen LogP contribution in [0.15, 0.2) is 65.2 Å². The topological polar surface area (TPSA) is 111 Å². The number of nitrogens with one attached hydrogen (secondary N) is 1. The van der Waals surface area contributed by atoms with Crippen molar-refractivity contribution in [2.75, 3.05) is 44.1 Å². The molecule has 2 bridgehead atoms. The number of fused-ring (bicyclic) bond motifs is 5. The molecule has 0 saturated heterocycles. The molecule has 5 aliphatic rings. The van der Waals surface area contributed by atoms with Gasteiger partial charge < -0.3 is 23.7 Å². The summed E-state index contributed by atoms with van der Waals surface area (Å²) in [6, 6.07) is 13.4. The molecule has 6 atom stereocenters. The monoisotopic (exact) mass is 746 g/mol. The van der Waals surface area contributed by atoms with Crippen molar-refractivity contribution in [3.05, 3.63) is 93.8 Å². The van der Waals surface area contributed by atoms with Gasteiger partial charge in [-0.2, -0.15) is 0 Å². The van der Waals surface area contributed by atoms with E-state index in [0.717, 1.165) is 61.6 Å². The second kappa shape index (κ2) is 14.3. The van der Waals surface area contributed by atoms with Crippen LogP contribution in [-0.2, 0) is 44.4 Å². The number of allylic oxidation sites excluding steroid dienone is 1. The van der Waals surface area contributed by atoms with Crippen LogP contribution in [0.25, 0.3) is 0 Å². The number of rotatable bonds is 3. The molecule has 1 saturated carbocycles. The number of amides is 2. The quantitative estimate of drug-likeness (QED) is 0.296. The van der Waals surface area contributed by atoms with Gasteiger partial charge in [-0.15, -0.1) is 4.36 Å². The van der Waals surface area contributed by atoms with E-state index in [0.29, 0.717) is 61.5 Å². The van der Waals surface area contributed by atoms with Crippen molar-refractivity contribution >= 4 is 39.0 Å². The molecule has 1 fully saturated rings. The fraction of sp³-hybridized carbons (Fsp3) is 0.500. The summed E-state index contributed by atoms with van der Waals surface area (Å²) in [6.07, 6.45) is 11.7. The first kappa shape index (κ1) is 35.4. The van der Waals surface area contributed by atoms with E-state index < -0.39 is 21.7 Å². The Labute approximate surface area is 311 Å². The molecule has 1 aromatic heterocycles. The van der Waals surface area contributed by atoms with E-state index in [2.05, 4.69) is 38.3 Å². The van der Waals surface area contributed by atoms with Crippen molar-refractivity contribution in [1.82, 2.24) is 9.29 Å². The summed E-state index contributed by atoms with van der Waals surface area (Å²) in [5, 5.41) is 0.742. The van der Waals surface area contributed by atoms with Gasteiger partial charge in [-0.25, -0.2) is 4.21 Å². The highest BCUT2D eigenvalue weighted by molar-refractivity contribution is 7.92. The number of nitrogens with zero attached hydrogens (tertiary/aromatic N) is 3. The average Bonchev–Trinajstić information content (AvgIpc) is 3.49. The summed E-state index contributed by atoms with van der Waals surface area (Å²) >= 11 is 6.47. The van der Waals surface area contributed by atoms with Crippen LogP contribution in [0.3, 0.4) is 0 Å². The van der Waals surface area contributed by atoms with Crippen LogP contribution in [0.2, 0.25) is 5.02 Å². The minimum absolute atomic E-state index is 0.0152. The summed E-state index contributed by atoms with van der Waals surface area (Å²) in [5.41, 5.74) is 4.65. The molecule has 3 aromatic rings. The molecule has 1 unspecified atom stereocenters. The number of carbonyl (C=O) groups excluding carboxylic acids is 2. The summed E-state index contributed by atoms with van der Waals surface area (Å²) < 4.78 is 41.9. The normalized spacial score (nSPS) is 30.8. The molecule has 1 N–H and O–H groups in total. The molecule has 52 heavy (non-hydrogen) atoms. The van der Waals surface area contributed by atoms with Gasteiger partial charge in [0.1, 0.15) is 15.7 Å². The summed E-state index contributed by atoms with van der Waals surface area (Å²) in [7, 11) is -1.76. The minimum Gasteiger partial charge on any atom is -0.490 e. The molecule has 2 aliphatic carbocycles. The number of carbonyl (C=O) groups is 2. The molecule has 0 radical (unpaired) electrons. The SMILES string of the molecule is CO[C@H]1/C=C/C[C@H](C)CS(=O)(NC(=O)c2cc3n(c2)CCOC3)=NC(=O)c2ccc3c(c2)N(C[C@@H]2CC[C@H]21)C[C@@]1(CCCc2cc(Cl)ccc21)CO3. The van der Waals surface area contributed by atoms with Crippen molar-refractivity contribution in [1.29, 1.82) is 0 Å². The molecule has 2 aromatic carbocycles. The van der Waals surface area contributed by atoms with Crippen molar-refractivity contribution in [2.45, 2.75) is 70.1 Å². The first-order valence-electron chi connectivity index (χ1n) is 18.5. The zero-order chi connectivity index (χ0) is 36.0. The lowest BCUT2D eigenvalue weighted by molar-refractivity contribution is 0.0131. The van der Waals surface area contributed by atoms with Gasteiger partial charge in [0.2, 0.25) is 0 Å². The highest BCUT2D eigenvalue weighted by atomic mass is 35.5. The van der Waals surface area contributed by atoms with Crippen LogP contribution in [0, 0.1) is 17.8 Å². The van der Waals surface area contributed by atoms with E-state index in [1.54, 1.807) is 25.4 Å². The van der Waals surface area contributed by atoms with E-state index in [9.17, 15) is 13.8 Å². The largest absolute Gasteiger partial charge is 0.490 e. The molecular formula is C40H47ClN4O6S. The number of methoxy groups -OCH3 is 1. The number of aryl methyl sites for hydroxylation is 1. The zero-order valence-electron chi connectivity index (χ0n) is 29.9. The number of aromatic nitrogens is 1. The highest BCUT2D eigenvalue weighted by Gasteiger charge is 2.44. The van der Waals surface area contributed by atoms with Gasteiger partial charge in [-0.05, 0) is 104 Å². The van der Waals surface area contributed by atoms with Gasteiger partial charge in [0.15, 0.2) is 0 Å². The number of anilines is 1. The van der Waals surface area contributed by atoms with Crippen molar-refractivity contribution in [3.63, 3.8) is 0 Å². The second-order valence-electron chi connectivity index (χ2n) is 15.4. The Hall–Kier alpha value is -3.64. The lowest BCUT2D eigenvalue weighted by Crippen LogP contribution is -2.49. The van der Waals surface area contributed by atoms with Gasteiger partial charge in [0, 0.05) is 54.6 Å². The lowest BCUT2D eigenvalue weighted by Gasteiger charge is -2.46. The van der Waals surface area contributed by atoms with Gasteiger partial charge in [0.05, 0.1) is 42.9 Å². The molecule has 276 valence electrons. The first-order valence-corrected chi connectivity index (χ1v) is 20.6. The molecule has 2 amide bonds. The molecule has 8 rings (SSSR count). The molecule has 1 spiro atoms. The smallest absolute Gasteiger partial charge is 0.286 e. The third kappa shape index (κ3) is 6.93. The van der Waals surface area contributed by atoms with E-state index in [-0.39, 0.29) is 23.2 Å². The average molecular weight is 747 g/mol. The highest BCUT2D eigenvalue weighted by Crippen LogP contribution is 2.47. The Bertz CT molecular complexity index is 2010. The maximum Gasteiger partial charge on any atom is 0.286 e. The van der Waals surface area contributed by atoms with Crippen LogP contribution in [-0.4, -0.2) is 65.9 Å². The Morgan fingerprint density at radius 2 is 2.06 bits per heavy atom. The molecule has 12 heteroatoms. The van der Waals surface area contributed by atoms with Crippen LogP contribution in [0.4, 0.5) is 5.69 Å². The van der Waals surface area contributed by atoms with Crippen LogP contribution in [0.1, 0.15) is 76.6 Å². The van der Waals surface area contributed by atoms with Crippen molar-refractivity contribution < 1.29 is 28.0 Å². The lowest BCUT2D eigenvalue weighted by atomic mass is 9.68. The van der Waals surface area contributed by atoms with Crippen LogP contribution in [0.5, 0.6) is 5.75 Å². The third-order valence-electron chi connectivity index (χ3n) is 11.7. The Morgan fingerprint density at radius 3 is 2.87 bits per heavy atom. The van der Waals surface area contributed by atoms with E-state index in [4.69, 9.17) is 25.8 Å². The maximum atomic E-state index is 14.6. The fourth-order valence-electron chi connectivity index (χ4n) is 8.92. The van der Waals surface area contributed by atoms with E-state index >= 15 is 0 Å². The number of benzene rings is 2. The van der Waals surface area contributed by atoms with Crippen LogP contribution >= 0.6 is 11.6 Å². The summed E-state index contributed by atoms with van der Waals surface area (Å²) in [6.45, 7) is 5.57. The van der Waals surface area contributed by atoms with Gasteiger partial charge in [0.25, 0.3) is 11.8 Å². The minimum atomic E-state index is -3.53. The molecular weight excluding hydrogens is 700 g/mol. The van der Waals surface area contributed by atoms with Gasteiger partial charge >= 0.3 is 0 Å². The fourth-order valence-corrected chi connectivity index (χ4v) is 11.0. The Balaban J connectivity index is 1.18. The number of hydrogen-bond acceptors (Lipinski definition) is 7. The first-order chi connectivity index (χ1) is 25.1. The maximum absolute atomic E-state index is 14.6. The number of ether oxygens (including phenoxy) is 3. The van der Waals surface area contributed by atoms with Gasteiger partial charge in [-0.1, -0.05) is 36.7 Å². The van der Waals surface area contributed by atoms with Gasteiger partial charge in [-0.3, -0.25) is 14.3 Å².